The van der Waals surface area contributed by atoms with Crippen LogP contribution in [0.2, 0.25) is 0 Å². The SMILES string of the molecule is C#Cc1ccc2[nH]c(S(=O)(=O)N3CCN(C(=O)c4nc5c(s4)CNC(C)C5)C(CC(=O)NCc4nnn[nH]4)C3)cc2c1. The van der Waals surface area contributed by atoms with Crippen molar-refractivity contribution in [3.8, 4) is 12.3 Å². The fraction of sp³-hybridized carbons (Fsp3) is 0.385. The minimum Gasteiger partial charge on any atom is -0.349 e. The van der Waals surface area contributed by atoms with E-state index in [2.05, 4.69) is 54.1 Å². The Bertz CT molecular complexity index is 1790. The summed E-state index contributed by atoms with van der Waals surface area (Å²) in [5.41, 5.74) is 2.17. The first kappa shape index (κ1) is 28.0. The van der Waals surface area contributed by atoms with E-state index in [0.717, 1.165) is 17.0 Å². The predicted octanol–water partition coefficient (Wildman–Crippen LogP) is 0.375. The van der Waals surface area contributed by atoms with Gasteiger partial charge in [0.15, 0.2) is 10.8 Å². The van der Waals surface area contributed by atoms with Gasteiger partial charge in [-0.1, -0.05) is 5.92 Å². The number of nitrogens with zero attached hydrogens (tertiary/aromatic N) is 6. The molecule has 2 aliphatic heterocycles. The molecule has 2 aliphatic rings. The Kier molecular flexibility index (Phi) is 7.49. The second kappa shape index (κ2) is 11.2. The van der Waals surface area contributed by atoms with Crippen LogP contribution in [0.25, 0.3) is 10.9 Å². The molecule has 0 radical (unpaired) electrons. The van der Waals surface area contributed by atoms with Crippen LogP contribution >= 0.6 is 11.3 Å². The second-order valence-electron chi connectivity index (χ2n) is 10.3. The Morgan fingerprint density at radius 2 is 2.12 bits per heavy atom. The molecule has 42 heavy (non-hydrogen) atoms. The number of fused-ring (bicyclic) bond motifs is 2. The number of piperazine rings is 1. The molecule has 16 heteroatoms. The maximum Gasteiger partial charge on any atom is 0.283 e. The molecule has 0 aliphatic carbocycles. The Labute approximate surface area is 245 Å². The van der Waals surface area contributed by atoms with Gasteiger partial charge in [-0.15, -0.1) is 22.9 Å². The van der Waals surface area contributed by atoms with Crippen LogP contribution in [0.1, 0.15) is 45.1 Å². The highest BCUT2D eigenvalue weighted by Gasteiger charge is 2.39. The summed E-state index contributed by atoms with van der Waals surface area (Å²) in [6.45, 7) is 2.86. The van der Waals surface area contributed by atoms with E-state index < -0.39 is 16.1 Å². The monoisotopic (exact) mass is 608 g/mol. The van der Waals surface area contributed by atoms with Crippen LogP contribution < -0.4 is 10.6 Å². The van der Waals surface area contributed by atoms with E-state index in [1.165, 1.54) is 15.6 Å². The standard InChI is InChI=1S/C26H28N10O4S2/c1-3-16-4-5-19-17(9-16)10-24(29-19)42(39,40)35-6-7-36(18(14-35)11-23(37)28-13-22-31-33-34-32-22)26(38)25-30-20-8-15(2)27-12-21(20)41-25/h1,4-5,9-10,15,18,27,29H,6-8,11-14H2,2H3,(H,28,37)(H,31,32,33,34). The Morgan fingerprint density at radius 3 is 2.90 bits per heavy atom. The number of thiazole rings is 1. The molecule has 4 aromatic rings. The molecule has 1 fully saturated rings. The van der Waals surface area contributed by atoms with E-state index in [-0.39, 0.29) is 55.5 Å². The number of carbonyl (C=O) groups excluding carboxylic acids is 2. The van der Waals surface area contributed by atoms with E-state index in [4.69, 9.17) is 6.42 Å². The van der Waals surface area contributed by atoms with E-state index in [9.17, 15) is 18.0 Å². The van der Waals surface area contributed by atoms with Crippen molar-refractivity contribution in [1.82, 2.24) is 50.4 Å². The number of hydrogen-bond donors (Lipinski definition) is 4. The molecule has 218 valence electrons. The summed E-state index contributed by atoms with van der Waals surface area (Å²) in [5, 5.41) is 20.4. The van der Waals surface area contributed by atoms with Gasteiger partial charge in [0.2, 0.25) is 5.91 Å². The molecule has 1 saturated heterocycles. The van der Waals surface area contributed by atoms with E-state index >= 15 is 0 Å². The van der Waals surface area contributed by atoms with Crippen molar-refractivity contribution in [2.75, 3.05) is 19.6 Å². The number of carbonyl (C=O) groups is 2. The van der Waals surface area contributed by atoms with Crippen molar-refractivity contribution in [3.63, 3.8) is 0 Å². The summed E-state index contributed by atoms with van der Waals surface area (Å²) in [6.07, 6.45) is 6.10. The van der Waals surface area contributed by atoms with Crippen LogP contribution in [0, 0.1) is 12.3 Å². The van der Waals surface area contributed by atoms with Crippen molar-refractivity contribution in [2.45, 2.75) is 50.0 Å². The summed E-state index contributed by atoms with van der Waals surface area (Å²) < 4.78 is 28.8. The van der Waals surface area contributed by atoms with Gasteiger partial charge in [0, 0.05) is 66.4 Å². The molecular formula is C26H28N10O4S2. The average molecular weight is 609 g/mol. The van der Waals surface area contributed by atoms with Gasteiger partial charge in [-0.05, 0) is 41.6 Å². The van der Waals surface area contributed by atoms with Crippen molar-refractivity contribution in [3.05, 3.63) is 51.2 Å². The van der Waals surface area contributed by atoms with Crippen molar-refractivity contribution >= 4 is 44.1 Å². The first-order valence-electron chi connectivity index (χ1n) is 13.3. The van der Waals surface area contributed by atoms with Crippen LogP contribution in [-0.4, -0.2) is 91.7 Å². The Hall–Kier alpha value is -4.17. The van der Waals surface area contributed by atoms with Crippen molar-refractivity contribution < 1.29 is 18.0 Å². The zero-order chi connectivity index (χ0) is 29.4. The third-order valence-corrected chi connectivity index (χ3v) is 10.3. The first-order valence-corrected chi connectivity index (χ1v) is 15.6. The lowest BCUT2D eigenvalue weighted by Crippen LogP contribution is -2.57. The molecule has 2 unspecified atom stereocenters. The van der Waals surface area contributed by atoms with E-state index in [0.29, 0.717) is 33.8 Å². The molecule has 0 spiro atoms. The van der Waals surface area contributed by atoms with Crippen LogP contribution in [-0.2, 0) is 34.3 Å². The van der Waals surface area contributed by atoms with Gasteiger partial charge in [-0.3, -0.25) is 9.59 Å². The highest BCUT2D eigenvalue weighted by molar-refractivity contribution is 7.89. The van der Waals surface area contributed by atoms with E-state index in [1.807, 2.05) is 0 Å². The predicted molar refractivity (Wildman–Crippen MR) is 153 cm³/mol. The van der Waals surface area contributed by atoms with Crippen LogP contribution in [0.5, 0.6) is 0 Å². The average Bonchev–Trinajstić information content (AvgIpc) is 3.75. The van der Waals surface area contributed by atoms with Crippen LogP contribution in [0.3, 0.4) is 0 Å². The number of tetrazole rings is 1. The van der Waals surface area contributed by atoms with Crippen LogP contribution in [0.4, 0.5) is 0 Å². The molecule has 1 aromatic carbocycles. The minimum atomic E-state index is -3.98. The molecule has 2 amide bonds. The smallest absolute Gasteiger partial charge is 0.283 e. The number of sulfonamides is 1. The zero-order valence-electron chi connectivity index (χ0n) is 22.6. The number of aromatic nitrogens is 6. The number of hydrogen-bond acceptors (Lipinski definition) is 10. The first-order chi connectivity index (χ1) is 20.2. The summed E-state index contributed by atoms with van der Waals surface area (Å²) >= 11 is 1.33. The van der Waals surface area contributed by atoms with Gasteiger partial charge in [-0.25, -0.2) is 18.5 Å². The van der Waals surface area contributed by atoms with Crippen molar-refractivity contribution in [2.24, 2.45) is 0 Å². The Morgan fingerprint density at radius 1 is 1.26 bits per heavy atom. The topological polar surface area (TPSA) is 182 Å². The quantitative estimate of drug-likeness (QED) is 0.216. The molecule has 6 rings (SSSR count). The normalized spacial score (nSPS) is 19.4. The van der Waals surface area contributed by atoms with Crippen LogP contribution in [0.15, 0.2) is 29.3 Å². The second-order valence-corrected chi connectivity index (χ2v) is 13.3. The number of amides is 2. The molecule has 5 heterocycles. The van der Waals surface area contributed by atoms with Gasteiger partial charge in [0.05, 0.1) is 18.3 Å². The summed E-state index contributed by atoms with van der Waals surface area (Å²) in [7, 11) is -3.98. The molecule has 3 aromatic heterocycles. The number of nitrogens with one attached hydrogen (secondary N) is 4. The summed E-state index contributed by atoms with van der Waals surface area (Å²) in [5.74, 6) is 2.23. The number of H-pyrrole nitrogens is 2. The number of benzene rings is 1. The zero-order valence-corrected chi connectivity index (χ0v) is 24.3. The maximum absolute atomic E-state index is 13.7. The van der Waals surface area contributed by atoms with Gasteiger partial charge in [0.25, 0.3) is 15.9 Å². The lowest BCUT2D eigenvalue weighted by atomic mass is 10.1. The molecule has 0 bridgehead atoms. The third-order valence-electron chi connectivity index (χ3n) is 7.42. The Balaban J connectivity index is 1.25. The van der Waals surface area contributed by atoms with Gasteiger partial charge >= 0.3 is 0 Å². The maximum atomic E-state index is 13.7. The fourth-order valence-corrected chi connectivity index (χ4v) is 7.69. The van der Waals surface area contributed by atoms with E-state index in [1.54, 1.807) is 29.2 Å². The summed E-state index contributed by atoms with van der Waals surface area (Å²) in [6, 6.07) is 6.28. The fourth-order valence-electron chi connectivity index (χ4n) is 5.21. The molecule has 2 atom stereocenters. The summed E-state index contributed by atoms with van der Waals surface area (Å²) in [4.78, 5) is 36.9. The lowest BCUT2D eigenvalue weighted by molar-refractivity contribution is -0.122. The van der Waals surface area contributed by atoms with Gasteiger partial charge in [0.1, 0.15) is 5.03 Å². The minimum absolute atomic E-state index is 0.0155. The molecule has 4 N–H and O–H groups in total. The molecule has 0 saturated carbocycles. The number of terminal acetylenes is 1. The van der Waals surface area contributed by atoms with Gasteiger partial charge < -0.3 is 20.5 Å². The highest BCUT2D eigenvalue weighted by atomic mass is 32.2. The third kappa shape index (κ3) is 5.51. The largest absolute Gasteiger partial charge is 0.349 e. The van der Waals surface area contributed by atoms with Crippen molar-refractivity contribution in [1.29, 1.82) is 0 Å². The number of rotatable bonds is 7. The molecular weight excluding hydrogens is 580 g/mol. The lowest BCUT2D eigenvalue weighted by Gasteiger charge is -2.40. The molecule has 14 nitrogen and oxygen atoms in total. The number of aromatic amines is 2. The van der Waals surface area contributed by atoms with Gasteiger partial charge in [-0.2, -0.15) is 4.31 Å². The highest BCUT2D eigenvalue weighted by Crippen LogP contribution is 2.28.